The van der Waals surface area contributed by atoms with Crippen LogP contribution in [0.2, 0.25) is 0 Å². The molecule has 12 heteroatoms. The van der Waals surface area contributed by atoms with Crippen LogP contribution in [0.25, 0.3) is 0 Å². The molecule has 2 N–H and O–H groups in total. The third-order valence-corrected chi connectivity index (χ3v) is 8.96. The molecule has 1 amide bonds. The van der Waals surface area contributed by atoms with E-state index in [-0.39, 0.29) is 15.7 Å². The van der Waals surface area contributed by atoms with Gasteiger partial charge in [-0.25, -0.2) is 16.8 Å². The summed E-state index contributed by atoms with van der Waals surface area (Å²) in [5.41, 5.74) is -0.730. The first kappa shape index (κ1) is 35.3. The second-order valence-corrected chi connectivity index (χ2v) is 13.4. The van der Waals surface area contributed by atoms with Gasteiger partial charge in [-0.2, -0.15) is 10.5 Å². The molecule has 2 rings (SSSR count). The second kappa shape index (κ2) is 14.8. The minimum Gasteiger partial charge on any atom is -0.481 e. The highest BCUT2D eigenvalue weighted by atomic mass is 32.2. The number of terminal acetylenes is 1. The van der Waals surface area contributed by atoms with E-state index in [4.69, 9.17) is 22.1 Å². The quantitative estimate of drug-likeness (QED) is 0.230. The molecule has 0 radical (unpaired) electrons. The lowest BCUT2D eigenvalue weighted by atomic mass is 9.84. The van der Waals surface area contributed by atoms with Crippen molar-refractivity contribution in [3.8, 4) is 24.5 Å². The molecule has 0 aromatic heterocycles. The summed E-state index contributed by atoms with van der Waals surface area (Å²) >= 11 is 0. The van der Waals surface area contributed by atoms with E-state index in [0.717, 1.165) is 23.0 Å². The van der Waals surface area contributed by atoms with Crippen LogP contribution in [0.3, 0.4) is 0 Å². The minimum absolute atomic E-state index is 0.0175. The lowest BCUT2D eigenvalue weighted by Gasteiger charge is -2.24. The Morgan fingerprint density at radius 3 is 1.52 bits per heavy atom. The lowest BCUT2D eigenvalue weighted by Crippen LogP contribution is -2.40. The van der Waals surface area contributed by atoms with Gasteiger partial charge in [-0.05, 0) is 63.1 Å². The number of carbonyl (C=O) groups excluding carboxylic acids is 1. The zero-order valence-corrected chi connectivity index (χ0v) is 25.2. The van der Waals surface area contributed by atoms with Crippen LogP contribution in [0.15, 0.2) is 81.3 Å². The first-order chi connectivity index (χ1) is 19.5. The topological polar surface area (TPSA) is 182 Å². The molecule has 2 aromatic carbocycles. The fourth-order valence-corrected chi connectivity index (χ4v) is 5.07. The highest BCUT2D eigenvalue weighted by Crippen LogP contribution is 2.26. The molecule has 0 heterocycles. The third kappa shape index (κ3) is 9.45. The molecule has 0 aliphatic heterocycles. The van der Waals surface area contributed by atoms with Gasteiger partial charge in [0.2, 0.25) is 25.6 Å². The van der Waals surface area contributed by atoms with Crippen LogP contribution in [-0.2, 0) is 40.1 Å². The van der Waals surface area contributed by atoms with Crippen molar-refractivity contribution in [3.05, 3.63) is 82.6 Å². The van der Waals surface area contributed by atoms with E-state index in [0.29, 0.717) is 24.1 Å². The number of rotatable bonds is 10. The number of allylic oxidation sites excluding steroid dienone is 2. The molecule has 42 heavy (non-hydrogen) atoms. The normalized spacial score (nSPS) is 11.9. The van der Waals surface area contributed by atoms with Crippen molar-refractivity contribution in [2.45, 2.75) is 54.7 Å². The van der Waals surface area contributed by atoms with Gasteiger partial charge < -0.3 is 10.4 Å². The van der Waals surface area contributed by atoms with Gasteiger partial charge in [-0.1, -0.05) is 24.3 Å². The summed E-state index contributed by atoms with van der Waals surface area (Å²) in [6.07, 6.45) is 7.38. The number of amides is 1. The number of nitrogens with one attached hydrogen (secondary N) is 1. The first-order valence-electron chi connectivity index (χ1n) is 12.3. The number of carbonyl (C=O) groups is 2. The van der Waals surface area contributed by atoms with Gasteiger partial charge in [0, 0.05) is 35.9 Å². The summed E-state index contributed by atoms with van der Waals surface area (Å²) < 4.78 is 47.3. The Hall–Kier alpha value is -4.70. The molecule has 0 spiro atoms. The Balaban J connectivity index is 0.000000428. The molecule has 0 bridgehead atoms. The molecule has 2 aromatic rings. The van der Waals surface area contributed by atoms with Gasteiger partial charge in [0.05, 0.1) is 32.8 Å². The molecule has 220 valence electrons. The summed E-state index contributed by atoms with van der Waals surface area (Å²) in [5, 5.41) is 30.2. The Morgan fingerprint density at radius 2 is 1.19 bits per heavy atom. The maximum absolute atomic E-state index is 12.2. The van der Waals surface area contributed by atoms with Crippen molar-refractivity contribution in [1.82, 2.24) is 5.32 Å². The van der Waals surface area contributed by atoms with E-state index in [1.807, 2.05) is 0 Å². The minimum atomic E-state index is -3.66. The van der Waals surface area contributed by atoms with E-state index in [1.165, 1.54) is 50.2 Å². The van der Waals surface area contributed by atoms with E-state index in [2.05, 4.69) is 11.2 Å². The van der Waals surface area contributed by atoms with Crippen LogP contribution in [0.5, 0.6) is 0 Å². The zero-order chi connectivity index (χ0) is 32.2. The Kier molecular flexibility index (Phi) is 12.4. The number of hydrogen-bond donors (Lipinski definition) is 2. The van der Waals surface area contributed by atoms with Crippen molar-refractivity contribution in [1.29, 1.82) is 10.5 Å². The SMILES string of the molecule is C#CCCNC(=O)C(C)(C)c1ccc(S(=O)(=O)C=CC#N)cc1.CC(C)(C(=O)O)c1ccc(S(=O)(=O)/C=C/C#N)cc1. The lowest BCUT2D eigenvalue weighted by molar-refractivity contribution is -0.142. The first-order valence-corrected chi connectivity index (χ1v) is 15.4. The predicted molar refractivity (Wildman–Crippen MR) is 157 cm³/mol. The Bertz CT molecular complexity index is 1680. The predicted octanol–water partition coefficient (Wildman–Crippen LogP) is 3.77. The number of hydrogen-bond acceptors (Lipinski definition) is 8. The summed E-state index contributed by atoms with van der Waals surface area (Å²) in [7, 11) is -7.30. The van der Waals surface area contributed by atoms with Crippen molar-refractivity contribution in [2.24, 2.45) is 0 Å². The summed E-state index contributed by atoms with van der Waals surface area (Å²) in [6, 6.07) is 14.8. The molecule has 0 unspecified atom stereocenters. The van der Waals surface area contributed by atoms with E-state index in [1.54, 1.807) is 38.1 Å². The van der Waals surface area contributed by atoms with E-state index in [9.17, 15) is 26.4 Å². The van der Waals surface area contributed by atoms with Crippen LogP contribution in [-0.4, -0.2) is 40.4 Å². The van der Waals surface area contributed by atoms with Crippen LogP contribution < -0.4 is 5.32 Å². The van der Waals surface area contributed by atoms with E-state index < -0.39 is 36.5 Å². The highest BCUT2D eigenvalue weighted by molar-refractivity contribution is 7.94. The molecule has 0 fully saturated rings. The number of aliphatic carboxylic acids is 1. The van der Waals surface area contributed by atoms with Crippen molar-refractivity contribution < 1.29 is 31.5 Å². The number of nitrogens with zero attached hydrogens (tertiary/aromatic N) is 2. The van der Waals surface area contributed by atoms with E-state index >= 15 is 0 Å². The Labute approximate surface area is 246 Å². The number of carboxylic acids is 1. The van der Waals surface area contributed by atoms with Crippen molar-refractivity contribution >= 4 is 31.6 Å². The van der Waals surface area contributed by atoms with Crippen LogP contribution in [0.4, 0.5) is 0 Å². The average molecular weight is 610 g/mol. The van der Waals surface area contributed by atoms with Gasteiger partial charge in [-0.15, -0.1) is 12.3 Å². The second-order valence-electron chi connectivity index (χ2n) is 9.77. The molecule has 0 atom stereocenters. The summed E-state index contributed by atoms with van der Waals surface area (Å²) in [6.45, 7) is 6.96. The average Bonchev–Trinajstić information content (AvgIpc) is 2.95. The number of sulfone groups is 2. The van der Waals surface area contributed by atoms with Crippen molar-refractivity contribution in [2.75, 3.05) is 6.54 Å². The van der Waals surface area contributed by atoms with Gasteiger partial charge in [0.15, 0.2) is 0 Å². The Morgan fingerprint density at radius 1 is 0.810 bits per heavy atom. The molecule has 10 nitrogen and oxygen atoms in total. The largest absolute Gasteiger partial charge is 0.481 e. The maximum Gasteiger partial charge on any atom is 0.313 e. The molecule has 0 saturated carbocycles. The van der Waals surface area contributed by atoms with Gasteiger partial charge in [-0.3, -0.25) is 9.59 Å². The zero-order valence-electron chi connectivity index (χ0n) is 23.5. The van der Waals surface area contributed by atoms with Crippen LogP contribution in [0.1, 0.15) is 45.2 Å². The molecular weight excluding hydrogens is 578 g/mol. The smallest absolute Gasteiger partial charge is 0.313 e. The van der Waals surface area contributed by atoms with Gasteiger partial charge in [0.25, 0.3) is 0 Å². The maximum atomic E-state index is 12.2. The van der Waals surface area contributed by atoms with Crippen molar-refractivity contribution in [3.63, 3.8) is 0 Å². The fourth-order valence-electron chi connectivity index (χ4n) is 3.24. The number of carboxylic acid groups (broad SMARTS) is 1. The number of nitriles is 2. The van der Waals surface area contributed by atoms with Crippen LogP contribution >= 0.6 is 0 Å². The third-order valence-electron chi connectivity index (χ3n) is 6.11. The standard InChI is InChI=1S/C17H18N2O3S.C13H13NO4S/c1-4-5-12-19-16(20)17(2,3)14-7-9-15(10-8-14)23(21,22)13-6-11-18;1-13(2,12(15)16)10-4-6-11(7-5-10)19(17,18)9-3-8-14/h1,6-10,13H,5,12H2,2-3H3,(H,19,20);3-7,9H,1-2H3,(H,15,16)/b;9-3+. The molecule has 0 saturated heterocycles. The fraction of sp³-hybridized carbons (Fsp3) is 0.267. The van der Waals surface area contributed by atoms with Gasteiger partial charge >= 0.3 is 5.97 Å². The van der Waals surface area contributed by atoms with Crippen LogP contribution in [0, 0.1) is 35.0 Å². The van der Waals surface area contributed by atoms with Gasteiger partial charge in [0.1, 0.15) is 0 Å². The molecule has 0 aliphatic rings. The number of benzene rings is 2. The summed E-state index contributed by atoms with van der Waals surface area (Å²) in [4.78, 5) is 23.4. The summed E-state index contributed by atoms with van der Waals surface area (Å²) in [5.74, 6) is 1.26. The molecular formula is C30H31N3O7S2. The monoisotopic (exact) mass is 609 g/mol. The highest BCUT2D eigenvalue weighted by Gasteiger charge is 2.30. The molecule has 0 aliphatic carbocycles.